The van der Waals surface area contributed by atoms with E-state index in [-0.39, 0.29) is 0 Å². The number of unbranched alkanes of at least 4 members (excludes halogenated alkanes) is 1. The van der Waals surface area contributed by atoms with Crippen molar-refractivity contribution in [1.82, 2.24) is 0 Å². The highest BCUT2D eigenvalue weighted by atomic mass is 15.0. The molecule has 0 saturated heterocycles. The fourth-order valence-corrected chi connectivity index (χ4v) is 2.58. The molecule has 0 fully saturated rings. The maximum absolute atomic E-state index is 5.66. The van der Waals surface area contributed by atoms with E-state index in [2.05, 4.69) is 31.0 Å². The Bertz CT molecular complexity index is 421. The summed E-state index contributed by atoms with van der Waals surface area (Å²) < 4.78 is 0. The molecule has 1 aliphatic carbocycles. The fraction of sp³-hybridized carbons (Fsp3) is 0.467. The van der Waals surface area contributed by atoms with Gasteiger partial charge in [0.15, 0.2) is 0 Å². The summed E-state index contributed by atoms with van der Waals surface area (Å²) in [6.07, 6.45) is 7.29. The number of benzene rings is 1. The Kier molecular flexibility index (Phi) is 3.72. The smallest absolute Gasteiger partial charge is 0.0930 e. The lowest BCUT2D eigenvalue weighted by Crippen LogP contribution is -2.09. The largest absolute Gasteiger partial charge is 0.386 e. The lowest BCUT2D eigenvalue weighted by Gasteiger charge is -2.13. The lowest BCUT2D eigenvalue weighted by molar-refractivity contribution is 0.794. The molecular weight excluding hydrogens is 208 g/mol. The third-order valence-corrected chi connectivity index (χ3v) is 3.39. The van der Waals surface area contributed by atoms with Crippen molar-refractivity contribution in [2.75, 3.05) is 5.32 Å². The van der Waals surface area contributed by atoms with E-state index in [1.165, 1.54) is 54.5 Å². The number of rotatable bonds is 5. The van der Waals surface area contributed by atoms with Crippen LogP contribution in [0, 0.1) is 0 Å². The van der Waals surface area contributed by atoms with E-state index in [9.17, 15) is 0 Å². The Labute approximate surface area is 104 Å². The second-order valence-electron chi connectivity index (χ2n) is 4.89. The van der Waals surface area contributed by atoms with E-state index in [0.717, 1.165) is 6.42 Å². The van der Waals surface area contributed by atoms with Crippen molar-refractivity contribution < 1.29 is 0 Å². The summed E-state index contributed by atoms with van der Waals surface area (Å²) >= 11 is 0. The van der Waals surface area contributed by atoms with Crippen LogP contribution in [0.5, 0.6) is 0 Å². The molecule has 1 aromatic rings. The van der Waals surface area contributed by atoms with Crippen LogP contribution in [0.2, 0.25) is 0 Å². The van der Waals surface area contributed by atoms with E-state index in [0.29, 0.717) is 5.82 Å². The highest BCUT2D eigenvalue weighted by molar-refractivity contribution is 5.60. The second kappa shape index (κ2) is 5.26. The summed E-state index contributed by atoms with van der Waals surface area (Å²) in [6, 6.07) is 4.63. The minimum absolute atomic E-state index is 0.534. The summed E-state index contributed by atoms with van der Waals surface area (Å²) in [5.74, 6) is 0.534. The van der Waals surface area contributed by atoms with E-state index in [1.807, 2.05) is 0 Å². The van der Waals surface area contributed by atoms with Gasteiger partial charge in [-0.3, -0.25) is 0 Å². The van der Waals surface area contributed by atoms with Gasteiger partial charge < -0.3 is 11.1 Å². The van der Waals surface area contributed by atoms with Gasteiger partial charge in [0.2, 0.25) is 0 Å². The quantitative estimate of drug-likeness (QED) is 0.814. The summed E-state index contributed by atoms with van der Waals surface area (Å²) in [7, 11) is 0. The number of aryl methyl sites for hydroxylation is 2. The molecular formula is C15H22N2. The summed E-state index contributed by atoms with van der Waals surface area (Å²) in [5, 5.41) is 3.21. The predicted octanol–water partition coefficient (Wildman–Crippen LogP) is 3.36. The van der Waals surface area contributed by atoms with Crippen LogP contribution >= 0.6 is 0 Å². The van der Waals surface area contributed by atoms with Gasteiger partial charge in [-0.05, 0) is 54.9 Å². The molecule has 0 amide bonds. The molecule has 0 unspecified atom stereocenters. The molecule has 3 N–H and O–H groups in total. The molecule has 0 spiro atoms. The summed E-state index contributed by atoms with van der Waals surface area (Å²) in [4.78, 5) is 0. The standard InChI is InChI=1S/C15H22N2/c1-3-4-6-12-9-13-7-5-8-14(13)15(10-12)17-11(2)16/h9-10,17H,2-8,16H2,1H3. The minimum Gasteiger partial charge on any atom is -0.386 e. The van der Waals surface area contributed by atoms with E-state index >= 15 is 0 Å². The Balaban J connectivity index is 2.28. The van der Waals surface area contributed by atoms with Crippen molar-refractivity contribution in [3.63, 3.8) is 0 Å². The summed E-state index contributed by atoms with van der Waals surface area (Å²) in [5.41, 5.74) is 11.2. The molecule has 0 heterocycles. The molecule has 0 saturated carbocycles. The number of nitrogens with one attached hydrogen (secondary N) is 1. The Morgan fingerprint density at radius 1 is 1.41 bits per heavy atom. The molecule has 0 aliphatic heterocycles. The molecule has 1 aliphatic rings. The normalized spacial score (nSPS) is 13.5. The van der Waals surface area contributed by atoms with E-state index < -0.39 is 0 Å². The Hall–Kier alpha value is -1.44. The first-order chi connectivity index (χ1) is 8.20. The van der Waals surface area contributed by atoms with Gasteiger partial charge in [0.05, 0.1) is 5.82 Å². The van der Waals surface area contributed by atoms with Gasteiger partial charge >= 0.3 is 0 Å². The van der Waals surface area contributed by atoms with Gasteiger partial charge in [-0.2, -0.15) is 0 Å². The van der Waals surface area contributed by atoms with Gasteiger partial charge in [-0.15, -0.1) is 0 Å². The second-order valence-corrected chi connectivity index (χ2v) is 4.89. The van der Waals surface area contributed by atoms with Crippen LogP contribution in [0.1, 0.15) is 42.9 Å². The molecule has 2 nitrogen and oxygen atoms in total. The zero-order chi connectivity index (χ0) is 12.3. The third-order valence-electron chi connectivity index (χ3n) is 3.39. The predicted molar refractivity (Wildman–Crippen MR) is 74.0 cm³/mol. The van der Waals surface area contributed by atoms with Crippen molar-refractivity contribution in [2.24, 2.45) is 5.73 Å². The fourth-order valence-electron chi connectivity index (χ4n) is 2.58. The van der Waals surface area contributed by atoms with Crippen molar-refractivity contribution >= 4 is 5.69 Å². The molecule has 0 bridgehead atoms. The first-order valence-corrected chi connectivity index (χ1v) is 6.56. The van der Waals surface area contributed by atoms with Crippen LogP contribution in [0.15, 0.2) is 24.5 Å². The zero-order valence-electron chi connectivity index (χ0n) is 10.7. The number of anilines is 1. The van der Waals surface area contributed by atoms with E-state index in [1.54, 1.807) is 0 Å². The molecule has 0 aromatic heterocycles. The molecule has 17 heavy (non-hydrogen) atoms. The maximum Gasteiger partial charge on any atom is 0.0930 e. The van der Waals surface area contributed by atoms with Gasteiger partial charge in [-0.1, -0.05) is 26.0 Å². The minimum atomic E-state index is 0.534. The average Bonchev–Trinajstić information content (AvgIpc) is 2.73. The highest BCUT2D eigenvalue weighted by Crippen LogP contribution is 2.31. The molecule has 2 rings (SSSR count). The zero-order valence-corrected chi connectivity index (χ0v) is 10.7. The first kappa shape index (κ1) is 12.0. The summed E-state index contributed by atoms with van der Waals surface area (Å²) in [6.45, 7) is 5.96. The molecule has 0 radical (unpaired) electrons. The Morgan fingerprint density at radius 3 is 2.94 bits per heavy atom. The van der Waals surface area contributed by atoms with Crippen molar-refractivity contribution in [1.29, 1.82) is 0 Å². The number of nitrogens with two attached hydrogens (primary N) is 1. The van der Waals surface area contributed by atoms with Crippen LogP contribution < -0.4 is 11.1 Å². The van der Waals surface area contributed by atoms with Crippen molar-refractivity contribution in [3.05, 3.63) is 41.2 Å². The third kappa shape index (κ3) is 2.82. The Morgan fingerprint density at radius 2 is 2.24 bits per heavy atom. The van der Waals surface area contributed by atoms with Crippen LogP contribution in [0.3, 0.4) is 0 Å². The molecule has 1 aromatic carbocycles. The van der Waals surface area contributed by atoms with E-state index in [4.69, 9.17) is 5.73 Å². The van der Waals surface area contributed by atoms with Crippen LogP contribution in [-0.2, 0) is 19.3 Å². The lowest BCUT2D eigenvalue weighted by atomic mass is 10.0. The maximum atomic E-state index is 5.66. The topological polar surface area (TPSA) is 38.0 Å². The number of hydrogen-bond acceptors (Lipinski definition) is 2. The van der Waals surface area contributed by atoms with Crippen LogP contribution in [-0.4, -0.2) is 0 Å². The average molecular weight is 230 g/mol. The van der Waals surface area contributed by atoms with Crippen LogP contribution in [0.4, 0.5) is 5.69 Å². The van der Waals surface area contributed by atoms with Gasteiger partial charge in [-0.25, -0.2) is 0 Å². The SMILES string of the molecule is C=C(N)Nc1cc(CCCC)cc2c1CCC2. The number of fused-ring (bicyclic) bond motifs is 1. The molecule has 2 heteroatoms. The molecule has 92 valence electrons. The number of hydrogen-bond donors (Lipinski definition) is 2. The molecule has 0 atom stereocenters. The van der Waals surface area contributed by atoms with Crippen LogP contribution in [0.25, 0.3) is 0 Å². The monoisotopic (exact) mass is 230 g/mol. The van der Waals surface area contributed by atoms with Gasteiger partial charge in [0.25, 0.3) is 0 Å². The van der Waals surface area contributed by atoms with Crippen molar-refractivity contribution in [3.8, 4) is 0 Å². The highest BCUT2D eigenvalue weighted by Gasteiger charge is 2.16. The van der Waals surface area contributed by atoms with Gasteiger partial charge in [0, 0.05) is 5.69 Å². The first-order valence-electron chi connectivity index (χ1n) is 6.56. The van der Waals surface area contributed by atoms with Crippen molar-refractivity contribution in [2.45, 2.75) is 45.4 Å². The van der Waals surface area contributed by atoms with Gasteiger partial charge in [0.1, 0.15) is 0 Å².